The maximum absolute atomic E-state index is 10.6. The van der Waals surface area contributed by atoms with Gasteiger partial charge in [-0.2, -0.15) is 0 Å². The van der Waals surface area contributed by atoms with E-state index in [4.69, 9.17) is 16.3 Å². The predicted octanol–water partition coefficient (Wildman–Crippen LogP) is 4.35. The third kappa shape index (κ3) is 2.78. The molecule has 0 radical (unpaired) electrons. The van der Waals surface area contributed by atoms with Crippen molar-refractivity contribution in [3.05, 3.63) is 63.2 Å². The van der Waals surface area contributed by atoms with E-state index in [2.05, 4.69) is 0 Å². The van der Waals surface area contributed by atoms with Gasteiger partial charge in [-0.05, 0) is 25.1 Å². The van der Waals surface area contributed by atoms with Gasteiger partial charge in [0.25, 0.3) is 5.69 Å². The topological polar surface area (TPSA) is 52.4 Å². The Balaban J connectivity index is 2.24. The van der Waals surface area contributed by atoms with Gasteiger partial charge < -0.3 is 4.74 Å². The second kappa shape index (κ2) is 5.06. The Hall–Kier alpha value is -2.07. The first-order chi connectivity index (χ1) is 8.56. The molecule has 0 saturated heterocycles. The van der Waals surface area contributed by atoms with Crippen LogP contribution in [0, 0.1) is 17.0 Å². The van der Waals surface area contributed by atoms with Crippen LogP contribution in [0.2, 0.25) is 5.02 Å². The lowest BCUT2D eigenvalue weighted by molar-refractivity contribution is -0.384. The number of nitro groups is 1. The van der Waals surface area contributed by atoms with Crippen molar-refractivity contribution in [1.29, 1.82) is 0 Å². The van der Waals surface area contributed by atoms with Crippen molar-refractivity contribution in [2.24, 2.45) is 0 Å². The second-order valence-electron chi connectivity index (χ2n) is 3.79. The summed E-state index contributed by atoms with van der Waals surface area (Å²) in [6, 6.07) is 11.6. The molecule has 0 saturated carbocycles. The molecule has 2 rings (SSSR count). The number of ether oxygens (including phenoxy) is 1. The Morgan fingerprint density at radius 1 is 1.17 bits per heavy atom. The molecule has 92 valence electrons. The molecular formula is C13H10ClNO3. The first-order valence-corrected chi connectivity index (χ1v) is 5.62. The number of hydrogen-bond donors (Lipinski definition) is 0. The molecule has 0 amide bonds. The third-order valence-corrected chi connectivity index (χ3v) is 2.67. The van der Waals surface area contributed by atoms with E-state index in [1.807, 2.05) is 31.2 Å². The predicted molar refractivity (Wildman–Crippen MR) is 69.4 cm³/mol. The summed E-state index contributed by atoms with van der Waals surface area (Å²) in [5.41, 5.74) is 1.06. The zero-order valence-corrected chi connectivity index (χ0v) is 10.3. The molecule has 0 aliphatic carbocycles. The van der Waals surface area contributed by atoms with Crippen molar-refractivity contribution in [2.75, 3.05) is 0 Å². The standard InChI is InChI=1S/C13H10ClNO3/c1-9-2-5-11(6-3-9)18-13-7-4-10(15(16)17)8-12(13)14/h2-8H,1H3. The van der Waals surface area contributed by atoms with Crippen LogP contribution in [0.5, 0.6) is 11.5 Å². The normalized spacial score (nSPS) is 10.1. The zero-order chi connectivity index (χ0) is 13.1. The molecule has 0 fully saturated rings. The Morgan fingerprint density at radius 2 is 1.83 bits per heavy atom. The third-order valence-electron chi connectivity index (χ3n) is 2.38. The van der Waals surface area contributed by atoms with Gasteiger partial charge in [-0.15, -0.1) is 0 Å². The van der Waals surface area contributed by atoms with Gasteiger partial charge in [0, 0.05) is 12.1 Å². The molecule has 4 nitrogen and oxygen atoms in total. The van der Waals surface area contributed by atoms with E-state index in [1.54, 1.807) is 0 Å². The number of benzene rings is 2. The second-order valence-corrected chi connectivity index (χ2v) is 4.19. The average molecular weight is 264 g/mol. The van der Waals surface area contributed by atoms with Crippen LogP contribution in [-0.4, -0.2) is 4.92 Å². The van der Waals surface area contributed by atoms with Gasteiger partial charge in [-0.3, -0.25) is 10.1 Å². The van der Waals surface area contributed by atoms with Crippen molar-refractivity contribution < 1.29 is 9.66 Å². The Kier molecular flexibility index (Phi) is 3.48. The maximum Gasteiger partial charge on any atom is 0.271 e. The molecule has 0 aliphatic rings. The SMILES string of the molecule is Cc1ccc(Oc2ccc([N+](=O)[O-])cc2Cl)cc1. The van der Waals surface area contributed by atoms with Gasteiger partial charge in [-0.25, -0.2) is 0 Å². The quantitative estimate of drug-likeness (QED) is 0.611. The Labute approximate surface area is 109 Å². The maximum atomic E-state index is 10.6. The van der Waals surface area contributed by atoms with Crippen LogP contribution in [-0.2, 0) is 0 Å². The summed E-state index contributed by atoms with van der Waals surface area (Å²) < 4.78 is 5.54. The van der Waals surface area contributed by atoms with Gasteiger partial charge in [-0.1, -0.05) is 29.3 Å². The summed E-state index contributed by atoms with van der Waals surface area (Å²) in [6.07, 6.45) is 0. The summed E-state index contributed by atoms with van der Waals surface area (Å²) >= 11 is 5.93. The summed E-state index contributed by atoms with van der Waals surface area (Å²) in [6.45, 7) is 1.97. The minimum Gasteiger partial charge on any atom is -0.456 e. The van der Waals surface area contributed by atoms with Crippen LogP contribution in [0.4, 0.5) is 5.69 Å². The minimum atomic E-state index is -0.498. The van der Waals surface area contributed by atoms with Gasteiger partial charge in [0.2, 0.25) is 0 Å². The van der Waals surface area contributed by atoms with Gasteiger partial charge in [0.1, 0.15) is 11.5 Å². The Morgan fingerprint density at radius 3 is 2.39 bits per heavy atom. The first-order valence-electron chi connectivity index (χ1n) is 5.25. The minimum absolute atomic E-state index is 0.0590. The van der Waals surface area contributed by atoms with E-state index >= 15 is 0 Å². The summed E-state index contributed by atoms with van der Waals surface area (Å²) in [5, 5.41) is 10.8. The molecule has 2 aromatic carbocycles. The molecular weight excluding hydrogens is 254 g/mol. The highest BCUT2D eigenvalue weighted by Crippen LogP contribution is 2.32. The van der Waals surface area contributed by atoms with Crippen LogP contribution in [0.15, 0.2) is 42.5 Å². The monoisotopic (exact) mass is 263 g/mol. The fourth-order valence-corrected chi connectivity index (χ4v) is 1.63. The number of nitrogens with zero attached hydrogens (tertiary/aromatic N) is 1. The van der Waals surface area contributed by atoms with E-state index in [9.17, 15) is 10.1 Å². The number of halogens is 1. The molecule has 0 aliphatic heterocycles. The number of hydrogen-bond acceptors (Lipinski definition) is 3. The van der Waals surface area contributed by atoms with E-state index < -0.39 is 4.92 Å². The van der Waals surface area contributed by atoms with Crippen molar-refractivity contribution in [3.63, 3.8) is 0 Å². The molecule has 5 heteroatoms. The molecule has 0 spiro atoms. The average Bonchev–Trinajstić information content (AvgIpc) is 2.34. The number of aryl methyl sites for hydroxylation is 1. The summed E-state index contributed by atoms with van der Waals surface area (Å²) in [7, 11) is 0. The van der Waals surface area contributed by atoms with Crippen LogP contribution in [0.3, 0.4) is 0 Å². The van der Waals surface area contributed by atoms with E-state index in [0.717, 1.165) is 5.56 Å². The highest BCUT2D eigenvalue weighted by atomic mass is 35.5. The van der Waals surface area contributed by atoms with Crippen molar-refractivity contribution in [2.45, 2.75) is 6.92 Å². The van der Waals surface area contributed by atoms with E-state index in [-0.39, 0.29) is 10.7 Å². The van der Waals surface area contributed by atoms with Crippen LogP contribution < -0.4 is 4.74 Å². The molecule has 0 heterocycles. The molecule has 18 heavy (non-hydrogen) atoms. The largest absolute Gasteiger partial charge is 0.456 e. The summed E-state index contributed by atoms with van der Waals surface area (Å²) in [4.78, 5) is 10.1. The summed E-state index contributed by atoms with van der Waals surface area (Å²) in [5.74, 6) is 1.03. The fourth-order valence-electron chi connectivity index (χ4n) is 1.42. The van der Waals surface area contributed by atoms with Crippen molar-refractivity contribution in [3.8, 4) is 11.5 Å². The highest BCUT2D eigenvalue weighted by Gasteiger charge is 2.10. The molecule has 0 aromatic heterocycles. The fraction of sp³-hybridized carbons (Fsp3) is 0.0769. The zero-order valence-electron chi connectivity index (χ0n) is 9.59. The van der Waals surface area contributed by atoms with Gasteiger partial charge in [0.05, 0.1) is 9.95 Å². The lowest BCUT2D eigenvalue weighted by Gasteiger charge is -2.07. The van der Waals surface area contributed by atoms with Crippen molar-refractivity contribution in [1.82, 2.24) is 0 Å². The van der Waals surface area contributed by atoms with Crippen LogP contribution in [0.1, 0.15) is 5.56 Å². The number of nitro benzene ring substituents is 1. The van der Waals surface area contributed by atoms with Gasteiger partial charge >= 0.3 is 0 Å². The number of non-ortho nitro benzene ring substituents is 1. The highest BCUT2D eigenvalue weighted by molar-refractivity contribution is 6.32. The van der Waals surface area contributed by atoms with E-state index in [0.29, 0.717) is 11.5 Å². The smallest absolute Gasteiger partial charge is 0.271 e. The molecule has 0 N–H and O–H groups in total. The van der Waals surface area contributed by atoms with Crippen molar-refractivity contribution >= 4 is 17.3 Å². The van der Waals surface area contributed by atoms with E-state index in [1.165, 1.54) is 18.2 Å². The molecule has 0 bridgehead atoms. The number of rotatable bonds is 3. The van der Waals surface area contributed by atoms with Crippen LogP contribution in [0.25, 0.3) is 0 Å². The molecule has 0 atom stereocenters. The molecule has 0 unspecified atom stereocenters. The molecule has 2 aromatic rings. The van der Waals surface area contributed by atoms with Crippen LogP contribution >= 0.6 is 11.6 Å². The lowest BCUT2D eigenvalue weighted by Crippen LogP contribution is -1.90. The Bertz CT molecular complexity index is 581. The van der Waals surface area contributed by atoms with Gasteiger partial charge in [0.15, 0.2) is 0 Å². The first kappa shape index (κ1) is 12.4. The lowest BCUT2D eigenvalue weighted by atomic mass is 10.2.